The van der Waals surface area contributed by atoms with Crippen LogP contribution in [0.25, 0.3) is 0 Å². The number of hydrogen-bond acceptors (Lipinski definition) is 5. The molecule has 96 valence electrons. The molecule has 0 bridgehead atoms. The number of esters is 1. The SMILES string of the molecule is O=C1C[C@H](c2ccsc2)c2cc3c(cc2O1)OCO3. The third kappa shape index (κ3) is 1.69. The third-order valence-corrected chi connectivity index (χ3v) is 4.12. The van der Waals surface area contributed by atoms with Gasteiger partial charge in [-0.05, 0) is 28.5 Å². The number of benzene rings is 1. The zero-order valence-electron chi connectivity index (χ0n) is 9.92. The molecule has 0 saturated carbocycles. The fourth-order valence-corrected chi connectivity index (χ4v) is 3.23. The van der Waals surface area contributed by atoms with Crippen molar-refractivity contribution >= 4 is 17.3 Å². The van der Waals surface area contributed by atoms with Gasteiger partial charge in [-0.15, -0.1) is 0 Å². The summed E-state index contributed by atoms with van der Waals surface area (Å²) < 4.78 is 16.0. The first kappa shape index (κ1) is 10.9. The summed E-state index contributed by atoms with van der Waals surface area (Å²) in [4.78, 5) is 11.7. The zero-order valence-corrected chi connectivity index (χ0v) is 10.7. The largest absolute Gasteiger partial charge is 0.454 e. The topological polar surface area (TPSA) is 44.8 Å². The van der Waals surface area contributed by atoms with Gasteiger partial charge in [-0.3, -0.25) is 4.79 Å². The average molecular weight is 274 g/mol. The molecule has 1 aromatic carbocycles. The second kappa shape index (κ2) is 3.99. The summed E-state index contributed by atoms with van der Waals surface area (Å²) in [7, 11) is 0. The molecule has 19 heavy (non-hydrogen) atoms. The summed E-state index contributed by atoms with van der Waals surface area (Å²) in [6.45, 7) is 0.218. The Kier molecular flexibility index (Phi) is 2.29. The van der Waals surface area contributed by atoms with E-state index >= 15 is 0 Å². The smallest absolute Gasteiger partial charge is 0.312 e. The number of rotatable bonds is 1. The Labute approximate surface area is 113 Å². The second-order valence-electron chi connectivity index (χ2n) is 4.53. The lowest BCUT2D eigenvalue weighted by atomic mass is 9.88. The van der Waals surface area contributed by atoms with Gasteiger partial charge in [-0.25, -0.2) is 0 Å². The molecule has 4 nitrogen and oxygen atoms in total. The van der Waals surface area contributed by atoms with E-state index in [4.69, 9.17) is 14.2 Å². The Bertz CT molecular complexity index is 648. The van der Waals surface area contributed by atoms with E-state index in [1.165, 1.54) is 0 Å². The Morgan fingerprint density at radius 1 is 1.16 bits per heavy atom. The van der Waals surface area contributed by atoms with Gasteiger partial charge in [0.2, 0.25) is 6.79 Å². The number of thiophene rings is 1. The summed E-state index contributed by atoms with van der Waals surface area (Å²) in [5.41, 5.74) is 2.13. The molecule has 2 aliphatic heterocycles. The van der Waals surface area contributed by atoms with Crippen molar-refractivity contribution in [2.45, 2.75) is 12.3 Å². The first-order chi connectivity index (χ1) is 9.31. The van der Waals surface area contributed by atoms with Crippen LogP contribution in [0.15, 0.2) is 29.0 Å². The van der Waals surface area contributed by atoms with Gasteiger partial charge >= 0.3 is 5.97 Å². The highest BCUT2D eigenvalue weighted by molar-refractivity contribution is 7.08. The summed E-state index contributed by atoms with van der Waals surface area (Å²) in [6.07, 6.45) is 0.364. The van der Waals surface area contributed by atoms with Gasteiger partial charge in [0.15, 0.2) is 11.5 Å². The van der Waals surface area contributed by atoms with E-state index < -0.39 is 0 Å². The Balaban J connectivity index is 1.87. The molecule has 0 unspecified atom stereocenters. The molecule has 0 spiro atoms. The van der Waals surface area contributed by atoms with Crippen LogP contribution in [0, 0.1) is 0 Å². The van der Waals surface area contributed by atoms with Crippen molar-refractivity contribution in [1.82, 2.24) is 0 Å². The molecular formula is C14H10O4S. The minimum atomic E-state index is -0.206. The summed E-state index contributed by atoms with van der Waals surface area (Å²) in [5.74, 6) is 1.77. The highest BCUT2D eigenvalue weighted by Gasteiger charge is 2.31. The fraction of sp³-hybridized carbons (Fsp3) is 0.214. The van der Waals surface area contributed by atoms with Gasteiger partial charge in [-0.1, -0.05) is 0 Å². The van der Waals surface area contributed by atoms with E-state index in [9.17, 15) is 4.79 Å². The van der Waals surface area contributed by atoms with Gasteiger partial charge in [0.25, 0.3) is 0 Å². The number of hydrogen-bond donors (Lipinski definition) is 0. The molecule has 0 saturated heterocycles. The first-order valence-corrected chi connectivity index (χ1v) is 6.92. The third-order valence-electron chi connectivity index (χ3n) is 3.42. The first-order valence-electron chi connectivity index (χ1n) is 5.97. The molecule has 0 amide bonds. The van der Waals surface area contributed by atoms with Crippen molar-refractivity contribution in [3.05, 3.63) is 40.1 Å². The maximum atomic E-state index is 11.7. The van der Waals surface area contributed by atoms with Crippen LogP contribution in [0.1, 0.15) is 23.5 Å². The molecule has 1 aromatic heterocycles. The standard InChI is InChI=1S/C14H10O4S/c15-14-4-9(8-1-2-19-6-8)10-3-12-13(17-7-16-12)5-11(10)18-14/h1-3,5-6,9H,4,7H2/t9-/m1/s1. The number of fused-ring (bicyclic) bond motifs is 2. The van der Waals surface area contributed by atoms with Crippen LogP contribution >= 0.6 is 11.3 Å². The highest BCUT2D eigenvalue weighted by atomic mass is 32.1. The molecule has 4 rings (SSSR count). The van der Waals surface area contributed by atoms with Crippen LogP contribution in [0.2, 0.25) is 0 Å². The summed E-state index contributed by atoms with van der Waals surface area (Å²) in [6, 6.07) is 5.71. The maximum Gasteiger partial charge on any atom is 0.312 e. The molecule has 2 aromatic rings. The van der Waals surface area contributed by atoms with Gasteiger partial charge < -0.3 is 14.2 Å². The van der Waals surface area contributed by atoms with Gasteiger partial charge in [-0.2, -0.15) is 11.3 Å². The molecular weight excluding hydrogens is 264 g/mol. The van der Waals surface area contributed by atoms with E-state index in [2.05, 4.69) is 5.38 Å². The van der Waals surface area contributed by atoms with E-state index in [0.717, 1.165) is 16.9 Å². The number of carbonyl (C=O) groups is 1. The monoisotopic (exact) mass is 274 g/mol. The highest BCUT2D eigenvalue weighted by Crippen LogP contribution is 2.46. The van der Waals surface area contributed by atoms with Crippen LogP contribution in [0.4, 0.5) is 0 Å². The van der Waals surface area contributed by atoms with Gasteiger partial charge in [0, 0.05) is 17.5 Å². The van der Waals surface area contributed by atoms with Crippen LogP contribution in [-0.4, -0.2) is 12.8 Å². The predicted molar refractivity (Wildman–Crippen MR) is 69.0 cm³/mol. The number of carbonyl (C=O) groups excluding carboxylic acids is 1. The summed E-state index contributed by atoms with van der Waals surface area (Å²) in [5, 5.41) is 4.08. The average Bonchev–Trinajstić information content (AvgIpc) is 3.06. The molecule has 5 heteroatoms. The van der Waals surface area contributed by atoms with Crippen LogP contribution in [0.3, 0.4) is 0 Å². The molecule has 0 aliphatic carbocycles. The lowest BCUT2D eigenvalue weighted by molar-refractivity contribution is -0.135. The van der Waals surface area contributed by atoms with Crippen molar-refractivity contribution in [2.24, 2.45) is 0 Å². The molecule has 2 aliphatic rings. The van der Waals surface area contributed by atoms with Gasteiger partial charge in [0.05, 0.1) is 6.42 Å². The van der Waals surface area contributed by atoms with Crippen LogP contribution in [0.5, 0.6) is 17.2 Å². The van der Waals surface area contributed by atoms with Gasteiger partial charge in [0.1, 0.15) is 5.75 Å². The van der Waals surface area contributed by atoms with E-state index in [0.29, 0.717) is 17.9 Å². The van der Waals surface area contributed by atoms with Crippen molar-refractivity contribution in [2.75, 3.05) is 6.79 Å². The minimum absolute atomic E-state index is 0.0389. The molecule has 0 N–H and O–H groups in total. The lowest BCUT2D eigenvalue weighted by Gasteiger charge is -2.24. The second-order valence-corrected chi connectivity index (χ2v) is 5.31. The van der Waals surface area contributed by atoms with Crippen LogP contribution in [-0.2, 0) is 4.79 Å². The van der Waals surface area contributed by atoms with Crippen molar-refractivity contribution in [1.29, 1.82) is 0 Å². The predicted octanol–water partition coefficient (Wildman–Crippen LogP) is 2.92. The molecule has 1 atom stereocenters. The molecule has 0 radical (unpaired) electrons. The molecule has 0 fully saturated rings. The summed E-state index contributed by atoms with van der Waals surface area (Å²) >= 11 is 1.63. The van der Waals surface area contributed by atoms with Crippen molar-refractivity contribution in [3.63, 3.8) is 0 Å². The van der Waals surface area contributed by atoms with Crippen LogP contribution < -0.4 is 14.2 Å². The van der Waals surface area contributed by atoms with Crippen molar-refractivity contribution in [3.8, 4) is 17.2 Å². The normalized spacial score (nSPS) is 20.0. The Morgan fingerprint density at radius 2 is 2.00 bits per heavy atom. The van der Waals surface area contributed by atoms with Crippen molar-refractivity contribution < 1.29 is 19.0 Å². The van der Waals surface area contributed by atoms with E-state index in [1.807, 2.05) is 17.5 Å². The number of ether oxygens (including phenoxy) is 3. The maximum absolute atomic E-state index is 11.7. The Morgan fingerprint density at radius 3 is 2.79 bits per heavy atom. The zero-order chi connectivity index (χ0) is 12.8. The minimum Gasteiger partial charge on any atom is -0.454 e. The lowest BCUT2D eigenvalue weighted by Crippen LogP contribution is -2.20. The quantitative estimate of drug-likeness (QED) is 0.592. The Hall–Kier alpha value is -2.01. The van der Waals surface area contributed by atoms with E-state index in [-0.39, 0.29) is 18.7 Å². The molecule has 3 heterocycles. The van der Waals surface area contributed by atoms with E-state index in [1.54, 1.807) is 17.4 Å². The fourth-order valence-electron chi connectivity index (χ4n) is 2.51.